The fourth-order valence-electron chi connectivity index (χ4n) is 2.48. The maximum Gasteiger partial charge on any atom is 0.118 e. The molecule has 1 aliphatic carbocycles. The quantitative estimate of drug-likeness (QED) is 0.728. The van der Waals surface area contributed by atoms with Gasteiger partial charge >= 0.3 is 0 Å². The second-order valence-corrected chi connectivity index (χ2v) is 5.76. The number of aliphatic hydroxyl groups is 1. The minimum atomic E-state index is 0.129. The van der Waals surface area contributed by atoms with Gasteiger partial charge in [0.05, 0.1) is 19.0 Å². The zero-order valence-corrected chi connectivity index (χ0v) is 12.2. The summed E-state index contributed by atoms with van der Waals surface area (Å²) in [4.78, 5) is 0. The molecule has 1 saturated carbocycles. The third-order valence-electron chi connectivity index (χ3n) is 4.20. The van der Waals surface area contributed by atoms with E-state index < -0.39 is 0 Å². The summed E-state index contributed by atoms with van der Waals surface area (Å²) in [6.45, 7) is 1.88. The highest BCUT2D eigenvalue weighted by molar-refractivity contribution is 5.63. The number of nitrogens with one attached hydrogen (secondary N) is 2. The number of aliphatic hydroxyl groups excluding tert-OH is 1. The van der Waals surface area contributed by atoms with Crippen molar-refractivity contribution in [3.05, 3.63) is 36.0 Å². The largest absolute Gasteiger partial charge is 0.497 e. The Hall–Kier alpha value is -1.85. The fraction of sp³-hybridized carbons (Fsp3) is 0.438. The summed E-state index contributed by atoms with van der Waals surface area (Å²) in [7, 11) is 1.66. The average Bonchev–Trinajstić information content (AvgIpc) is 3.16. The van der Waals surface area contributed by atoms with Gasteiger partial charge in [0.15, 0.2) is 0 Å². The van der Waals surface area contributed by atoms with Gasteiger partial charge in [0.1, 0.15) is 5.75 Å². The number of ether oxygens (including phenoxy) is 1. The van der Waals surface area contributed by atoms with Gasteiger partial charge in [-0.1, -0.05) is 0 Å². The van der Waals surface area contributed by atoms with Gasteiger partial charge in [0.25, 0.3) is 0 Å². The fourth-order valence-corrected chi connectivity index (χ4v) is 2.48. The standard InChI is InChI=1S/C16H21N3O2/c1-21-14-4-2-12(3-5-14)15-13(9-18-19-15)8-17-10-16(11-20)6-7-16/h2-5,9,17,20H,6-8,10-11H2,1H3,(H,18,19). The molecular weight excluding hydrogens is 266 g/mol. The van der Waals surface area contributed by atoms with Gasteiger partial charge in [-0.15, -0.1) is 0 Å². The number of benzene rings is 1. The van der Waals surface area contributed by atoms with Crippen molar-refractivity contribution in [3.8, 4) is 17.0 Å². The maximum atomic E-state index is 9.33. The van der Waals surface area contributed by atoms with Crippen LogP contribution in [0.3, 0.4) is 0 Å². The van der Waals surface area contributed by atoms with Crippen LogP contribution in [0.25, 0.3) is 11.3 Å². The lowest BCUT2D eigenvalue weighted by Gasteiger charge is -2.12. The van der Waals surface area contributed by atoms with Crippen molar-refractivity contribution >= 4 is 0 Å². The highest BCUT2D eigenvalue weighted by Gasteiger charge is 2.41. The van der Waals surface area contributed by atoms with Gasteiger partial charge in [-0.25, -0.2) is 0 Å². The van der Waals surface area contributed by atoms with Crippen molar-refractivity contribution in [1.82, 2.24) is 15.5 Å². The van der Waals surface area contributed by atoms with Crippen molar-refractivity contribution < 1.29 is 9.84 Å². The normalized spacial score (nSPS) is 15.9. The molecule has 2 aromatic rings. The number of nitrogens with zero attached hydrogens (tertiary/aromatic N) is 1. The Morgan fingerprint density at radius 2 is 2.10 bits per heavy atom. The first-order valence-electron chi connectivity index (χ1n) is 7.25. The smallest absolute Gasteiger partial charge is 0.118 e. The molecule has 1 aromatic heterocycles. The molecule has 21 heavy (non-hydrogen) atoms. The summed E-state index contributed by atoms with van der Waals surface area (Å²) in [5, 5.41) is 20.0. The molecule has 1 fully saturated rings. The van der Waals surface area contributed by atoms with E-state index in [1.54, 1.807) is 7.11 Å². The van der Waals surface area contributed by atoms with E-state index in [2.05, 4.69) is 15.5 Å². The summed E-state index contributed by atoms with van der Waals surface area (Å²) >= 11 is 0. The van der Waals surface area contributed by atoms with Crippen molar-refractivity contribution in [3.63, 3.8) is 0 Å². The van der Waals surface area contributed by atoms with Gasteiger partial charge in [0.2, 0.25) is 0 Å². The number of H-pyrrole nitrogens is 1. The van der Waals surface area contributed by atoms with Crippen molar-refractivity contribution in [2.75, 3.05) is 20.3 Å². The lowest BCUT2D eigenvalue weighted by atomic mass is 10.1. The second kappa shape index (κ2) is 5.87. The first kappa shape index (κ1) is 14.1. The average molecular weight is 287 g/mol. The van der Waals surface area contributed by atoms with Crippen LogP contribution in [0, 0.1) is 5.41 Å². The van der Waals surface area contributed by atoms with Crippen LogP contribution in [-0.4, -0.2) is 35.6 Å². The lowest BCUT2D eigenvalue weighted by molar-refractivity contribution is 0.207. The molecule has 1 aromatic carbocycles. The topological polar surface area (TPSA) is 70.2 Å². The predicted octanol–water partition coefficient (Wildman–Crippen LogP) is 1.95. The Kier molecular flexibility index (Phi) is 3.94. The van der Waals surface area contributed by atoms with E-state index in [-0.39, 0.29) is 12.0 Å². The summed E-state index contributed by atoms with van der Waals surface area (Å²) in [5.74, 6) is 0.844. The molecule has 5 nitrogen and oxygen atoms in total. The van der Waals surface area contributed by atoms with Crippen LogP contribution in [-0.2, 0) is 6.54 Å². The van der Waals surface area contributed by atoms with Crippen LogP contribution in [0.5, 0.6) is 5.75 Å². The second-order valence-electron chi connectivity index (χ2n) is 5.76. The van der Waals surface area contributed by atoms with Crippen LogP contribution in [0.4, 0.5) is 0 Å². The molecule has 1 heterocycles. The number of aromatic nitrogens is 2. The molecule has 3 rings (SSSR count). The van der Waals surface area contributed by atoms with Gasteiger partial charge in [-0.3, -0.25) is 5.10 Å². The molecule has 0 radical (unpaired) electrons. The van der Waals surface area contributed by atoms with E-state index in [0.717, 1.165) is 48.5 Å². The minimum absolute atomic E-state index is 0.129. The van der Waals surface area contributed by atoms with Crippen LogP contribution in [0.1, 0.15) is 18.4 Å². The van der Waals surface area contributed by atoms with Crippen LogP contribution < -0.4 is 10.1 Å². The van der Waals surface area contributed by atoms with Gasteiger partial charge in [-0.2, -0.15) is 5.10 Å². The molecule has 0 saturated heterocycles. The van der Waals surface area contributed by atoms with E-state index in [9.17, 15) is 5.11 Å². The Morgan fingerprint density at radius 1 is 1.33 bits per heavy atom. The number of aromatic amines is 1. The minimum Gasteiger partial charge on any atom is -0.497 e. The Balaban J connectivity index is 1.65. The summed E-state index contributed by atoms with van der Waals surface area (Å²) in [6, 6.07) is 7.93. The van der Waals surface area contributed by atoms with E-state index in [1.807, 2.05) is 30.5 Å². The third-order valence-corrected chi connectivity index (χ3v) is 4.20. The highest BCUT2D eigenvalue weighted by atomic mass is 16.5. The van der Waals surface area contributed by atoms with E-state index in [4.69, 9.17) is 4.74 Å². The van der Waals surface area contributed by atoms with Gasteiger partial charge < -0.3 is 15.2 Å². The zero-order chi connectivity index (χ0) is 14.7. The Bertz CT molecular complexity index is 588. The molecule has 1 aliphatic rings. The third kappa shape index (κ3) is 3.09. The first-order chi connectivity index (χ1) is 10.3. The molecule has 0 amide bonds. The van der Waals surface area contributed by atoms with Crippen LogP contribution >= 0.6 is 0 Å². The molecule has 0 atom stereocenters. The van der Waals surface area contributed by atoms with E-state index >= 15 is 0 Å². The number of hydrogen-bond donors (Lipinski definition) is 3. The molecular formula is C16H21N3O2. The lowest BCUT2D eigenvalue weighted by Crippen LogP contribution is -2.26. The van der Waals surface area contributed by atoms with Crippen LogP contribution in [0.2, 0.25) is 0 Å². The summed E-state index contributed by atoms with van der Waals surface area (Å²) in [5.41, 5.74) is 3.38. The molecule has 112 valence electrons. The zero-order valence-electron chi connectivity index (χ0n) is 12.2. The monoisotopic (exact) mass is 287 g/mol. The number of rotatable bonds is 7. The molecule has 0 bridgehead atoms. The Labute approximate surface area is 124 Å². The number of hydrogen-bond acceptors (Lipinski definition) is 4. The predicted molar refractivity (Wildman–Crippen MR) is 81.0 cm³/mol. The van der Waals surface area contributed by atoms with Crippen molar-refractivity contribution in [2.24, 2.45) is 5.41 Å². The SMILES string of the molecule is COc1ccc(-c2[nH]ncc2CNCC2(CO)CC2)cc1. The molecule has 5 heteroatoms. The highest BCUT2D eigenvalue weighted by Crippen LogP contribution is 2.44. The Morgan fingerprint density at radius 3 is 2.71 bits per heavy atom. The first-order valence-corrected chi connectivity index (χ1v) is 7.25. The molecule has 0 spiro atoms. The summed E-state index contributed by atoms with van der Waals surface area (Å²) in [6.07, 6.45) is 4.09. The van der Waals surface area contributed by atoms with Gasteiger partial charge in [-0.05, 0) is 37.1 Å². The molecule has 3 N–H and O–H groups in total. The summed E-state index contributed by atoms with van der Waals surface area (Å²) < 4.78 is 5.18. The van der Waals surface area contributed by atoms with Crippen molar-refractivity contribution in [1.29, 1.82) is 0 Å². The van der Waals surface area contributed by atoms with E-state index in [0.29, 0.717) is 0 Å². The molecule has 0 aliphatic heterocycles. The van der Waals surface area contributed by atoms with Crippen molar-refractivity contribution in [2.45, 2.75) is 19.4 Å². The number of methoxy groups -OCH3 is 1. The molecule has 0 unspecified atom stereocenters. The van der Waals surface area contributed by atoms with Crippen LogP contribution in [0.15, 0.2) is 30.5 Å². The van der Waals surface area contributed by atoms with Gasteiger partial charge in [0, 0.05) is 36.2 Å². The maximum absolute atomic E-state index is 9.33. The van der Waals surface area contributed by atoms with E-state index in [1.165, 1.54) is 0 Å².